The van der Waals surface area contributed by atoms with Gasteiger partial charge in [-0.25, -0.2) is 8.42 Å². The van der Waals surface area contributed by atoms with Crippen LogP contribution in [-0.4, -0.2) is 13.5 Å². The van der Waals surface area contributed by atoms with Crippen molar-refractivity contribution in [3.63, 3.8) is 0 Å². The van der Waals surface area contributed by atoms with Gasteiger partial charge in [0, 0.05) is 5.02 Å². The second kappa shape index (κ2) is 6.05. The molecule has 2 rings (SSSR count). The van der Waals surface area contributed by atoms with E-state index in [1.54, 1.807) is 6.07 Å². The van der Waals surface area contributed by atoms with Gasteiger partial charge in [0.25, 0.3) is 10.0 Å². The van der Waals surface area contributed by atoms with Gasteiger partial charge < -0.3 is 5.11 Å². The lowest BCUT2D eigenvalue weighted by atomic mass is 10.1. The van der Waals surface area contributed by atoms with Crippen molar-refractivity contribution in [2.24, 2.45) is 0 Å². The van der Waals surface area contributed by atoms with Crippen molar-refractivity contribution in [3.8, 4) is 0 Å². The molecule has 21 heavy (non-hydrogen) atoms. The monoisotopic (exact) mass is 325 g/mol. The minimum Gasteiger partial charge on any atom is -0.392 e. The van der Waals surface area contributed by atoms with Gasteiger partial charge in [0.15, 0.2) is 0 Å². The maximum absolute atomic E-state index is 12.4. The number of hydrogen-bond acceptors (Lipinski definition) is 3. The third kappa shape index (κ3) is 3.56. The number of aliphatic hydroxyl groups is 1. The first-order valence-electron chi connectivity index (χ1n) is 6.33. The van der Waals surface area contributed by atoms with Crippen molar-refractivity contribution in [2.75, 3.05) is 4.72 Å². The molecule has 0 atom stereocenters. The van der Waals surface area contributed by atoms with E-state index in [1.165, 1.54) is 18.2 Å². The fourth-order valence-electron chi connectivity index (χ4n) is 1.87. The summed E-state index contributed by atoms with van der Waals surface area (Å²) in [6, 6.07) is 9.80. The number of halogens is 1. The zero-order chi connectivity index (χ0) is 15.6. The lowest BCUT2D eigenvalue weighted by molar-refractivity contribution is 0.282. The van der Waals surface area contributed by atoms with E-state index in [2.05, 4.69) is 4.72 Å². The van der Waals surface area contributed by atoms with Crippen LogP contribution in [0.1, 0.15) is 16.7 Å². The zero-order valence-corrected chi connectivity index (χ0v) is 13.3. The summed E-state index contributed by atoms with van der Waals surface area (Å²) in [5, 5.41) is 9.29. The maximum atomic E-state index is 12.4. The molecule has 0 amide bonds. The molecule has 112 valence electrons. The minimum absolute atomic E-state index is 0.0607. The first kappa shape index (κ1) is 15.8. The normalized spacial score (nSPS) is 11.4. The van der Waals surface area contributed by atoms with Crippen LogP contribution in [-0.2, 0) is 16.6 Å². The molecular formula is C15H16ClNO3S. The predicted molar refractivity (Wildman–Crippen MR) is 84.1 cm³/mol. The van der Waals surface area contributed by atoms with Crippen molar-refractivity contribution in [2.45, 2.75) is 25.3 Å². The summed E-state index contributed by atoms with van der Waals surface area (Å²) in [5.74, 6) is 0. The molecule has 0 aliphatic rings. The van der Waals surface area contributed by atoms with E-state index in [4.69, 9.17) is 16.7 Å². The first-order valence-corrected chi connectivity index (χ1v) is 8.19. The van der Waals surface area contributed by atoms with Gasteiger partial charge in [0.05, 0.1) is 17.2 Å². The Kier molecular flexibility index (Phi) is 4.56. The van der Waals surface area contributed by atoms with Crippen LogP contribution in [0.25, 0.3) is 0 Å². The summed E-state index contributed by atoms with van der Waals surface area (Å²) in [5.41, 5.74) is 2.83. The highest BCUT2D eigenvalue weighted by Gasteiger charge is 2.16. The van der Waals surface area contributed by atoms with Gasteiger partial charge in [-0.3, -0.25) is 4.72 Å². The highest BCUT2D eigenvalue weighted by molar-refractivity contribution is 7.92. The molecule has 2 N–H and O–H groups in total. The topological polar surface area (TPSA) is 66.4 Å². The maximum Gasteiger partial charge on any atom is 0.261 e. The third-order valence-electron chi connectivity index (χ3n) is 3.14. The molecule has 0 aliphatic heterocycles. The fraction of sp³-hybridized carbons (Fsp3) is 0.200. The Morgan fingerprint density at radius 3 is 2.48 bits per heavy atom. The number of rotatable bonds is 4. The molecule has 0 bridgehead atoms. The smallest absolute Gasteiger partial charge is 0.261 e. The molecule has 2 aromatic rings. The fourth-order valence-corrected chi connectivity index (χ4v) is 3.33. The molecule has 2 aromatic carbocycles. The van der Waals surface area contributed by atoms with Crippen molar-refractivity contribution < 1.29 is 13.5 Å². The molecule has 6 heteroatoms. The second-order valence-corrected chi connectivity index (χ2v) is 6.92. The average molecular weight is 326 g/mol. The Hall–Kier alpha value is -1.56. The Balaban J connectivity index is 2.38. The summed E-state index contributed by atoms with van der Waals surface area (Å²) in [7, 11) is -3.72. The third-order valence-corrected chi connectivity index (χ3v) is 4.86. The van der Waals surface area contributed by atoms with Gasteiger partial charge in [-0.05, 0) is 48.7 Å². The molecule has 0 fully saturated rings. The summed E-state index contributed by atoms with van der Waals surface area (Å²) < 4.78 is 27.3. The van der Waals surface area contributed by atoms with E-state index in [-0.39, 0.29) is 16.5 Å². The molecule has 0 heterocycles. The van der Waals surface area contributed by atoms with Crippen LogP contribution in [0.4, 0.5) is 5.69 Å². The Morgan fingerprint density at radius 1 is 1.14 bits per heavy atom. The van der Waals surface area contributed by atoms with Crippen LogP contribution in [0.15, 0.2) is 41.3 Å². The number of sulfonamides is 1. The predicted octanol–water partition coefficient (Wildman–Crippen LogP) is 3.25. The standard InChI is InChI=1S/C15H16ClNO3S/c1-10-3-4-11(2)15(7-10)17-21(19,20)13-6-5-12(9-18)14(16)8-13/h3-8,17-18H,9H2,1-2H3. The second-order valence-electron chi connectivity index (χ2n) is 4.84. The van der Waals surface area contributed by atoms with Crippen LogP contribution < -0.4 is 4.72 Å². The number of benzene rings is 2. The number of anilines is 1. The Labute approximate surface area is 129 Å². The average Bonchev–Trinajstić information content (AvgIpc) is 2.42. The van der Waals surface area contributed by atoms with Crippen LogP contribution in [0.3, 0.4) is 0 Å². The molecule has 0 radical (unpaired) electrons. The SMILES string of the molecule is Cc1ccc(C)c(NS(=O)(=O)c2ccc(CO)c(Cl)c2)c1. The van der Waals surface area contributed by atoms with E-state index in [1.807, 2.05) is 26.0 Å². The Morgan fingerprint density at radius 2 is 1.86 bits per heavy atom. The lowest BCUT2D eigenvalue weighted by Gasteiger charge is -2.12. The molecule has 0 aromatic heterocycles. The zero-order valence-electron chi connectivity index (χ0n) is 11.7. The number of aryl methyl sites for hydroxylation is 2. The molecule has 0 saturated heterocycles. The van der Waals surface area contributed by atoms with E-state index >= 15 is 0 Å². The van der Waals surface area contributed by atoms with E-state index < -0.39 is 10.0 Å². The summed E-state index contributed by atoms with van der Waals surface area (Å²) in [6.07, 6.45) is 0. The van der Waals surface area contributed by atoms with Gasteiger partial charge in [-0.15, -0.1) is 0 Å². The summed E-state index contributed by atoms with van der Waals surface area (Å²) in [6.45, 7) is 3.49. The van der Waals surface area contributed by atoms with E-state index in [0.717, 1.165) is 11.1 Å². The van der Waals surface area contributed by atoms with Crippen LogP contribution in [0.5, 0.6) is 0 Å². The Bertz CT molecular complexity index is 772. The minimum atomic E-state index is -3.72. The molecule has 0 aliphatic carbocycles. The van der Waals surface area contributed by atoms with Crippen LogP contribution >= 0.6 is 11.6 Å². The van der Waals surface area contributed by atoms with Crippen LogP contribution in [0.2, 0.25) is 5.02 Å². The van der Waals surface area contributed by atoms with Crippen molar-refractivity contribution in [3.05, 3.63) is 58.1 Å². The van der Waals surface area contributed by atoms with Crippen molar-refractivity contribution in [1.82, 2.24) is 0 Å². The first-order chi connectivity index (χ1) is 9.83. The molecule has 0 saturated carbocycles. The molecule has 0 spiro atoms. The summed E-state index contributed by atoms with van der Waals surface area (Å²) in [4.78, 5) is 0.0607. The van der Waals surface area contributed by atoms with Gasteiger partial charge in [-0.2, -0.15) is 0 Å². The quantitative estimate of drug-likeness (QED) is 0.906. The largest absolute Gasteiger partial charge is 0.392 e. The highest BCUT2D eigenvalue weighted by atomic mass is 35.5. The van der Waals surface area contributed by atoms with Crippen molar-refractivity contribution in [1.29, 1.82) is 0 Å². The lowest BCUT2D eigenvalue weighted by Crippen LogP contribution is -2.14. The molecular weight excluding hydrogens is 310 g/mol. The van der Waals surface area contributed by atoms with Crippen LogP contribution in [0, 0.1) is 13.8 Å². The van der Waals surface area contributed by atoms with Gasteiger partial charge in [0.1, 0.15) is 0 Å². The number of nitrogens with one attached hydrogen (secondary N) is 1. The number of aliphatic hydroxyl groups excluding tert-OH is 1. The van der Waals surface area contributed by atoms with Gasteiger partial charge in [-0.1, -0.05) is 29.8 Å². The van der Waals surface area contributed by atoms with E-state index in [0.29, 0.717) is 11.3 Å². The summed E-state index contributed by atoms with van der Waals surface area (Å²) >= 11 is 5.94. The molecule has 4 nitrogen and oxygen atoms in total. The number of hydrogen-bond donors (Lipinski definition) is 2. The highest BCUT2D eigenvalue weighted by Crippen LogP contribution is 2.24. The molecule has 0 unspecified atom stereocenters. The van der Waals surface area contributed by atoms with Crippen molar-refractivity contribution >= 4 is 27.3 Å². The van der Waals surface area contributed by atoms with Gasteiger partial charge in [0.2, 0.25) is 0 Å². The van der Waals surface area contributed by atoms with Gasteiger partial charge >= 0.3 is 0 Å². The van der Waals surface area contributed by atoms with E-state index in [9.17, 15) is 8.42 Å².